The number of carboxylic acid groups (broad SMARTS) is 2. The summed E-state index contributed by atoms with van der Waals surface area (Å²) in [4.78, 5) is 23.0. The van der Waals surface area contributed by atoms with Crippen LogP contribution in [-0.2, 0) is 30.4 Å². The third-order valence-corrected chi connectivity index (χ3v) is 9.08. The topological polar surface area (TPSA) is 93.1 Å². The van der Waals surface area contributed by atoms with Gasteiger partial charge in [-0.2, -0.15) is 0 Å². The second-order valence-electron chi connectivity index (χ2n) is 3.80. The SMILES string of the molecule is CCC(CC)(C(=O)O)C(SP(=S)(OC)OC)C(=O)O. The van der Waals surface area contributed by atoms with Crippen molar-refractivity contribution < 1.29 is 28.8 Å². The second kappa shape index (κ2) is 7.59. The summed E-state index contributed by atoms with van der Waals surface area (Å²) >= 11 is 5.91. The first-order valence-corrected chi connectivity index (χ1v) is 9.71. The number of hydrogen-bond donors (Lipinski definition) is 2. The van der Waals surface area contributed by atoms with Crippen LogP contribution in [0.1, 0.15) is 26.7 Å². The molecule has 0 radical (unpaired) electrons. The van der Waals surface area contributed by atoms with Crippen molar-refractivity contribution in [3.8, 4) is 0 Å². The Balaban J connectivity index is 5.60. The van der Waals surface area contributed by atoms with E-state index in [4.69, 9.17) is 20.9 Å². The van der Waals surface area contributed by atoms with Gasteiger partial charge in [0.15, 0.2) is 0 Å². The predicted octanol–water partition coefficient (Wildman–Crippen LogP) is 2.58. The Morgan fingerprint density at radius 1 is 1.26 bits per heavy atom. The van der Waals surface area contributed by atoms with Gasteiger partial charge in [-0.05, 0) is 24.6 Å². The van der Waals surface area contributed by atoms with Crippen molar-refractivity contribution in [3.05, 3.63) is 0 Å². The van der Waals surface area contributed by atoms with Crippen molar-refractivity contribution in [2.45, 2.75) is 31.9 Å². The van der Waals surface area contributed by atoms with Crippen LogP contribution in [-0.4, -0.2) is 41.6 Å². The molecule has 0 bridgehead atoms. The first-order valence-electron chi connectivity index (χ1n) is 5.59. The van der Waals surface area contributed by atoms with Crippen LogP contribution in [0.3, 0.4) is 0 Å². The Bertz CT molecular complexity index is 374. The minimum absolute atomic E-state index is 0.186. The van der Waals surface area contributed by atoms with Gasteiger partial charge in [-0.3, -0.25) is 9.59 Å². The first-order chi connectivity index (χ1) is 8.72. The minimum atomic E-state index is -2.85. The van der Waals surface area contributed by atoms with Gasteiger partial charge in [-0.25, -0.2) is 0 Å². The molecule has 6 nitrogen and oxygen atoms in total. The van der Waals surface area contributed by atoms with Crippen LogP contribution >= 0.6 is 17.1 Å². The van der Waals surface area contributed by atoms with Gasteiger partial charge in [0.1, 0.15) is 5.25 Å². The number of aliphatic carboxylic acids is 2. The molecule has 0 heterocycles. The number of carboxylic acids is 2. The largest absolute Gasteiger partial charge is 0.481 e. The maximum atomic E-state index is 11.5. The lowest BCUT2D eigenvalue weighted by molar-refractivity contribution is -0.155. The van der Waals surface area contributed by atoms with E-state index in [1.54, 1.807) is 13.8 Å². The highest BCUT2D eigenvalue weighted by Gasteiger charge is 2.50. The van der Waals surface area contributed by atoms with Gasteiger partial charge in [0, 0.05) is 14.2 Å². The molecule has 0 amide bonds. The summed E-state index contributed by atoms with van der Waals surface area (Å²) in [6.45, 7) is 3.30. The van der Waals surface area contributed by atoms with E-state index in [0.717, 1.165) is 11.4 Å². The van der Waals surface area contributed by atoms with Crippen LogP contribution in [0.25, 0.3) is 0 Å². The molecule has 0 saturated carbocycles. The molecule has 9 heteroatoms. The van der Waals surface area contributed by atoms with E-state index in [1.807, 2.05) is 0 Å². The van der Waals surface area contributed by atoms with Crippen molar-refractivity contribution in [2.24, 2.45) is 5.41 Å². The lowest BCUT2D eigenvalue weighted by Gasteiger charge is -2.34. The second-order valence-corrected chi connectivity index (χ2v) is 10.3. The fraction of sp³-hybridized carbons (Fsp3) is 0.800. The Hall–Kier alpha value is -0.140. The van der Waals surface area contributed by atoms with E-state index in [1.165, 1.54) is 14.2 Å². The van der Waals surface area contributed by atoms with Gasteiger partial charge in [0.25, 0.3) is 0 Å². The molecule has 0 fully saturated rings. The molecular weight excluding hydrogens is 311 g/mol. The van der Waals surface area contributed by atoms with E-state index in [-0.39, 0.29) is 12.8 Å². The molecule has 0 saturated heterocycles. The van der Waals surface area contributed by atoms with Crippen LogP contribution in [0.15, 0.2) is 0 Å². The molecule has 0 aliphatic rings. The van der Waals surface area contributed by atoms with Crippen molar-refractivity contribution in [1.82, 2.24) is 0 Å². The highest BCUT2D eigenvalue weighted by molar-refractivity contribution is 8.68. The molecule has 0 aromatic rings. The maximum Gasteiger partial charge on any atom is 0.318 e. The van der Waals surface area contributed by atoms with E-state index >= 15 is 0 Å². The third-order valence-electron chi connectivity index (χ3n) is 3.10. The molecule has 1 unspecified atom stereocenters. The van der Waals surface area contributed by atoms with Crippen LogP contribution in [0.5, 0.6) is 0 Å². The molecule has 0 rings (SSSR count). The quantitative estimate of drug-likeness (QED) is 0.623. The molecule has 19 heavy (non-hydrogen) atoms. The molecule has 1 atom stereocenters. The van der Waals surface area contributed by atoms with Crippen molar-refractivity contribution >= 4 is 40.8 Å². The van der Waals surface area contributed by atoms with Gasteiger partial charge in [0.2, 0.25) is 5.69 Å². The third kappa shape index (κ3) is 4.16. The van der Waals surface area contributed by atoms with E-state index in [0.29, 0.717) is 0 Å². The van der Waals surface area contributed by atoms with Gasteiger partial charge in [0.05, 0.1) is 5.41 Å². The zero-order chi connectivity index (χ0) is 15.3. The molecular formula is C10H19O6PS2. The molecule has 0 spiro atoms. The standard InChI is InChI=1S/C10H19O6PS2/c1-5-10(6-2,9(13)14)7(8(11)12)19-17(18,15-3)16-4/h7H,5-6H2,1-4H3,(H,11,12)(H,13,14). The summed E-state index contributed by atoms with van der Waals surface area (Å²) in [6, 6.07) is 0. The summed E-state index contributed by atoms with van der Waals surface area (Å²) in [7, 11) is 2.66. The Labute approximate surface area is 121 Å². The highest BCUT2D eigenvalue weighted by atomic mass is 32.9. The van der Waals surface area contributed by atoms with Crippen LogP contribution in [0.4, 0.5) is 0 Å². The molecule has 0 aromatic carbocycles. The average molecular weight is 330 g/mol. The number of carbonyl (C=O) groups is 2. The lowest BCUT2D eigenvalue weighted by atomic mass is 9.79. The van der Waals surface area contributed by atoms with Gasteiger partial charge < -0.3 is 19.3 Å². The summed E-state index contributed by atoms with van der Waals surface area (Å²) < 4.78 is 10.1. The summed E-state index contributed by atoms with van der Waals surface area (Å²) in [5.41, 5.74) is -4.24. The van der Waals surface area contributed by atoms with Gasteiger partial charge in [-0.15, -0.1) is 0 Å². The van der Waals surface area contributed by atoms with E-state index in [2.05, 4.69) is 0 Å². The lowest BCUT2D eigenvalue weighted by Crippen LogP contribution is -2.44. The zero-order valence-electron chi connectivity index (χ0n) is 11.3. The maximum absolute atomic E-state index is 11.5. The highest BCUT2D eigenvalue weighted by Crippen LogP contribution is 2.64. The van der Waals surface area contributed by atoms with Crippen LogP contribution < -0.4 is 0 Å². The molecule has 0 aliphatic carbocycles. The van der Waals surface area contributed by atoms with Gasteiger partial charge in [-0.1, -0.05) is 25.2 Å². The fourth-order valence-corrected chi connectivity index (χ4v) is 5.95. The molecule has 112 valence electrons. The zero-order valence-corrected chi connectivity index (χ0v) is 13.8. The van der Waals surface area contributed by atoms with Crippen LogP contribution in [0.2, 0.25) is 0 Å². The van der Waals surface area contributed by atoms with Crippen molar-refractivity contribution in [3.63, 3.8) is 0 Å². The van der Waals surface area contributed by atoms with Gasteiger partial charge >= 0.3 is 11.9 Å². The summed E-state index contributed by atoms with van der Waals surface area (Å²) in [6.07, 6.45) is 0.372. The minimum Gasteiger partial charge on any atom is -0.481 e. The smallest absolute Gasteiger partial charge is 0.318 e. The Kier molecular flexibility index (Phi) is 7.54. The first kappa shape index (κ1) is 18.9. The molecule has 0 aliphatic heterocycles. The Morgan fingerprint density at radius 3 is 1.89 bits per heavy atom. The van der Waals surface area contributed by atoms with E-state index in [9.17, 15) is 19.8 Å². The van der Waals surface area contributed by atoms with Crippen LogP contribution in [0, 0.1) is 5.41 Å². The molecule has 0 aromatic heterocycles. The monoisotopic (exact) mass is 330 g/mol. The average Bonchev–Trinajstić information content (AvgIpc) is 2.38. The number of rotatable bonds is 9. The predicted molar refractivity (Wildman–Crippen MR) is 78.0 cm³/mol. The fourth-order valence-electron chi connectivity index (χ4n) is 1.71. The summed E-state index contributed by atoms with van der Waals surface area (Å²) in [5, 5.41) is 17.5. The Morgan fingerprint density at radius 2 is 1.68 bits per heavy atom. The summed E-state index contributed by atoms with van der Waals surface area (Å²) in [5.74, 6) is -2.37. The number of hydrogen-bond acceptors (Lipinski definition) is 6. The van der Waals surface area contributed by atoms with E-state index < -0.39 is 28.3 Å². The van der Waals surface area contributed by atoms with Crippen molar-refractivity contribution in [1.29, 1.82) is 0 Å². The molecule has 2 N–H and O–H groups in total. The normalized spacial score (nSPS) is 14.1. The van der Waals surface area contributed by atoms with Crippen molar-refractivity contribution in [2.75, 3.05) is 14.2 Å².